The van der Waals surface area contributed by atoms with Crippen molar-refractivity contribution in [2.75, 3.05) is 25.0 Å². The van der Waals surface area contributed by atoms with E-state index in [0.29, 0.717) is 0 Å². The van der Waals surface area contributed by atoms with Gasteiger partial charge in [0.2, 0.25) is 5.91 Å². The fraction of sp³-hybridized carbons (Fsp3) is 0.360. The summed E-state index contributed by atoms with van der Waals surface area (Å²) in [6.45, 7) is 1.90. The maximum Gasteiger partial charge on any atom is 0.322 e. The van der Waals surface area contributed by atoms with Gasteiger partial charge in [0.15, 0.2) is 0 Å². The minimum atomic E-state index is -0.765. The van der Waals surface area contributed by atoms with E-state index in [1.54, 1.807) is 4.90 Å². The quantitative estimate of drug-likeness (QED) is 0.698. The lowest BCUT2D eigenvalue weighted by Crippen LogP contribution is -2.73. The molecule has 172 valence electrons. The van der Waals surface area contributed by atoms with E-state index in [9.17, 15) is 23.5 Å². The van der Waals surface area contributed by atoms with Gasteiger partial charge < -0.3 is 20.2 Å². The van der Waals surface area contributed by atoms with E-state index in [-0.39, 0.29) is 49.3 Å². The van der Waals surface area contributed by atoms with E-state index < -0.39 is 17.7 Å². The van der Waals surface area contributed by atoms with Crippen molar-refractivity contribution < 1.29 is 23.5 Å². The second-order valence-electron chi connectivity index (χ2n) is 8.25. The van der Waals surface area contributed by atoms with E-state index in [1.165, 1.54) is 4.90 Å². The van der Waals surface area contributed by atoms with Gasteiger partial charge in [-0.1, -0.05) is 30.9 Å². The zero-order valence-corrected chi connectivity index (χ0v) is 18.2. The van der Waals surface area contributed by atoms with Gasteiger partial charge in [0.1, 0.15) is 18.2 Å². The van der Waals surface area contributed by atoms with Crippen molar-refractivity contribution in [1.82, 2.24) is 9.80 Å². The second kappa shape index (κ2) is 9.59. The SMILES string of the molecule is CCCC#Cc1ccc([C@H]2[C@H]3CN(C(=O)Nc4cc(F)ccc4F)CC(=O)N3[C@H]2CO)cc1. The molecule has 3 amide bonds. The molecule has 8 heteroatoms. The Balaban J connectivity index is 1.50. The third kappa shape index (κ3) is 4.55. The molecule has 0 aliphatic carbocycles. The standard InChI is InChI=1S/C25H25F2N3O3/c1-2-3-4-5-16-6-8-17(9-7-16)24-21-13-29(14-23(32)30(21)22(24)15-31)25(33)28-20-12-18(26)10-11-19(20)27/h6-12,21-22,24,31H,2-3,13-15H2,1H3,(H,28,33)/t21-,22+,24+/m1/s1. The predicted octanol–water partition coefficient (Wildman–Crippen LogP) is 3.32. The number of aliphatic hydroxyl groups excluding tert-OH is 1. The first-order chi connectivity index (χ1) is 15.9. The summed E-state index contributed by atoms with van der Waals surface area (Å²) < 4.78 is 27.4. The number of benzene rings is 2. The Bertz CT molecular complexity index is 1110. The van der Waals surface area contributed by atoms with Gasteiger partial charge in [-0.2, -0.15) is 0 Å². The molecule has 0 saturated carbocycles. The number of rotatable bonds is 4. The van der Waals surface area contributed by atoms with Crippen molar-refractivity contribution in [3.8, 4) is 11.8 Å². The number of nitrogens with one attached hydrogen (secondary N) is 1. The van der Waals surface area contributed by atoms with Gasteiger partial charge in [0.25, 0.3) is 0 Å². The molecule has 4 rings (SSSR count). The fourth-order valence-corrected chi connectivity index (χ4v) is 4.52. The Hall–Kier alpha value is -3.44. The van der Waals surface area contributed by atoms with Crippen LogP contribution >= 0.6 is 0 Å². The van der Waals surface area contributed by atoms with E-state index in [1.807, 2.05) is 24.3 Å². The van der Waals surface area contributed by atoms with Gasteiger partial charge in [-0.3, -0.25) is 4.79 Å². The van der Waals surface area contributed by atoms with Gasteiger partial charge >= 0.3 is 6.03 Å². The number of hydrogen-bond acceptors (Lipinski definition) is 3. The third-order valence-electron chi connectivity index (χ3n) is 6.11. The van der Waals surface area contributed by atoms with Crippen LogP contribution in [0.15, 0.2) is 42.5 Å². The normalized spacial score (nSPS) is 21.6. The van der Waals surface area contributed by atoms with Crippen LogP contribution in [0.3, 0.4) is 0 Å². The summed E-state index contributed by atoms with van der Waals surface area (Å²) in [6.07, 6.45) is 1.82. The number of hydrogen-bond donors (Lipinski definition) is 2. The van der Waals surface area contributed by atoms with Gasteiger partial charge in [-0.25, -0.2) is 13.6 Å². The van der Waals surface area contributed by atoms with Crippen molar-refractivity contribution in [1.29, 1.82) is 0 Å². The maximum absolute atomic E-state index is 13.9. The van der Waals surface area contributed by atoms with Gasteiger partial charge in [0, 0.05) is 30.5 Å². The lowest BCUT2D eigenvalue weighted by Gasteiger charge is -2.58. The largest absolute Gasteiger partial charge is 0.394 e. The van der Waals surface area contributed by atoms with Crippen LogP contribution in [-0.4, -0.2) is 58.6 Å². The highest BCUT2D eigenvalue weighted by molar-refractivity contribution is 5.94. The number of fused-ring (bicyclic) bond motifs is 1. The highest BCUT2D eigenvalue weighted by atomic mass is 19.1. The molecule has 33 heavy (non-hydrogen) atoms. The van der Waals surface area contributed by atoms with Crippen LogP contribution in [0.5, 0.6) is 0 Å². The molecular formula is C25H25F2N3O3. The van der Waals surface area contributed by atoms with Crippen LogP contribution in [0.1, 0.15) is 36.8 Å². The van der Waals surface area contributed by atoms with Crippen LogP contribution in [-0.2, 0) is 4.79 Å². The first-order valence-electron chi connectivity index (χ1n) is 10.9. The van der Waals surface area contributed by atoms with E-state index >= 15 is 0 Å². The second-order valence-corrected chi connectivity index (χ2v) is 8.25. The van der Waals surface area contributed by atoms with Crippen LogP contribution in [0.4, 0.5) is 19.3 Å². The van der Waals surface area contributed by atoms with Crippen molar-refractivity contribution >= 4 is 17.6 Å². The first kappa shape index (κ1) is 22.7. The molecule has 0 unspecified atom stereocenters. The molecule has 0 aromatic heterocycles. The highest BCUT2D eigenvalue weighted by Gasteiger charge is 2.54. The summed E-state index contributed by atoms with van der Waals surface area (Å²) in [5, 5.41) is 12.3. The zero-order chi connectivity index (χ0) is 23.5. The average molecular weight is 453 g/mol. The summed E-state index contributed by atoms with van der Waals surface area (Å²) in [4.78, 5) is 28.3. The Kier molecular flexibility index (Phi) is 6.61. The molecule has 2 N–H and O–H groups in total. The van der Waals surface area contributed by atoms with Gasteiger partial charge in [-0.15, -0.1) is 0 Å². The lowest BCUT2D eigenvalue weighted by molar-refractivity contribution is -0.159. The maximum atomic E-state index is 13.9. The Morgan fingerprint density at radius 2 is 1.97 bits per heavy atom. The number of piperazine rings is 1. The number of carbonyl (C=O) groups excluding carboxylic acids is 2. The van der Waals surface area contributed by atoms with E-state index in [2.05, 4.69) is 24.1 Å². The molecule has 0 bridgehead atoms. The van der Waals surface area contributed by atoms with Gasteiger partial charge in [0.05, 0.1) is 24.4 Å². The average Bonchev–Trinajstić information content (AvgIpc) is 2.78. The van der Waals surface area contributed by atoms with Crippen LogP contribution in [0, 0.1) is 23.5 Å². The summed E-state index contributed by atoms with van der Waals surface area (Å²) in [6, 6.07) is 9.12. The molecule has 2 aromatic carbocycles. The van der Waals surface area contributed by atoms with Gasteiger partial charge in [-0.05, 0) is 36.2 Å². The number of carbonyl (C=O) groups is 2. The van der Waals surface area contributed by atoms with E-state index in [4.69, 9.17) is 0 Å². The van der Waals surface area contributed by atoms with Crippen LogP contribution in [0.25, 0.3) is 0 Å². The first-order valence-corrected chi connectivity index (χ1v) is 10.9. The Morgan fingerprint density at radius 3 is 2.67 bits per heavy atom. The number of anilines is 1. The number of amides is 3. The predicted molar refractivity (Wildman–Crippen MR) is 119 cm³/mol. The minimum absolute atomic E-state index is 0.155. The molecule has 2 aliphatic heterocycles. The smallest absolute Gasteiger partial charge is 0.322 e. The summed E-state index contributed by atoms with van der Waals surface area (Å²) in [5.41, 5.74) is 1.55. The van der Waals surface area contributed by atoms with Crippen LogP contribution < -0.4 is 5.32 Å². The Labute approximate surface area is 191 Å². The summed E-state index contributed by atoms with van der Waals surface area (Å²) >= 11 is 0. The summed E-state index contributed by atoms with van der Waals surface area (Å²) in [5.74, 6) is 4.32. The topological polar surface area (TPSA) is 72.9 Å². The highest BCUT2D eigenvalue weighted by Crippen LogP contribution is 2.43. The monoisotopic (exact) mass is 453 g/mol. The fourth-order valence-electron chi connectivity index (χ4n) is 4.52. The molecular weight excluding hydrogens is 428 g/mol. The van der Waals surface area contributed by atoms with Crippen molar-refractivity contribution in [2.24, 2.45) is 0 Å². The van der Waals surface area contributed by atoms with Crippen molar-refractivity contribution in [3.05, 3.63) is 65.2 Å². The lowest BCUT2D eigenvalue weighted by atomic mass is 9.73. The molecule has 0 spiro atoms. The molecule has 2 heterocycles. The molecule has 0 radical (unpaired) electrons. The number of aliphatic hydroxyl groups is 1. The number of halogens is 2. The number of unbranched alkanes of at least 4 members (excludes halogenated alkanes) is 1. The molecule has 6 nitrogen and oxygen atoms in total. The molecule has 2 fully saturated rings. The number of urea groups is 1. The molecule has 2 aromatic rings. The molecule has 2 aliphatic rings. The number of nitrogens with zero attached hydrogens (tertiary/aromatic N) is 2. The zero-order valence-electron chi connectivity index (χ0n) is 18.2. The van der Waals surface area contributed by atoms with Crippen LogP contribution in [0.2, 0.25) is 0 Å². The summed E-state index contributed by atoms with van der Waals surface area (Å²) in [7, 11) is 0. The third-order valence-corrected chi connectivity index (χ3v) is 6.11. The van der Waals surface area contributed by atoms with Crippen molar-refractivity contribution in [2.45, 2.75) is 37.8 Å². The minimum Gasteiger partial charge on any atom is -0.394 e. The van der Waals surface area contributed by atoms with E-state index in [0.717, 1.165) is 42.2 Å². The Morgan fingerprint density at radius 1 is 1.21 bits per heavy atom. The molecule has 3 atom stereocenters. The molecule has 2 saturated heterocycles. The van der Waals surface area contributed by atoms with Crippen molar-refractivity contribution in [3.63, 3.8) is 0 Å².